The van der Waals surface area contributed by atoms with Crippen molar-refractivity contribution in [3.63, 3.8) is 0 Å². The van der Waals surface area contributed by atoms with Crippen molar-refractivity contribution >= 4 is 40.4 Å². The van der Waals surface area contributed by atoms with Gasteiger partial charge < -0.3 is 25.0 Å². The number of pyridine rings is 1. The molecule has 0 aliphatic carbocycles. The third-order valence-corrected chi connectivity index (χ3v) is 5.69. The van der Waals surface area contributed by atoms with Crippen molar-refractivity contribution in [3.05, 3.63) is 48.8 Å². The van der Waals surface area contributed by atoms with Crippen molar-refractivity contribution in [1.82, 2.24) is 29.9 Å². The molecule has 0 unspecified atom stereocenters. The fraction of sp³-hybridized carbons (Fsp3) is 0.346. The van der Waals surface area contributed by atoms with Crippen LogP contribution in [0.4, 0.5) is 22.0 Å². The zero-order chi connectivity index (χ0) is 27.4. The van der Waals surface area contributed by atoms with E-state index in [2.05, 4.69) is 30.8 Å². The quantitative estimate of drug-likeness (QED) is 0.355. The fourth-order valence-corrected chi connectivity index (χ4v) is 4.00. The van der Waals surface area contributed by atoms with E-state index in [0.29, 0.717) is 60.5 Å². The molecule has 39 heavy (non-hydrogen) atoms. The normalized spacial score (nSPS) is 13.8. The lowest BCUT2D eigenvalue weighted by Gasteiger charge is -2.28. The number of rotatable bonds is 6. The second-order valence-corrected chi connectivity index (χ2v) is 9.87. The average molecular weight is 532 g/mol. The summed E-state index contributed by atoms with van der Waals surface area (Å²) in [5, 5.41) is 14.0. The van der Waals surface area contributed by atoms with Gasteiger partial charge in [0.1, 0.15) is 12.1 Å². The first-order valence-electron chi connectivity index (χ1n) is 12.5. The van der Waals surface area contributed by atoms with Gasteiger partial charge in [0, 0.05) is 42.4 Å². The highest BCUT2D eigenvalue weighted by atomic mass is 16.6. The molecule has 0 atom stereocenters. The van der Waals surface area contributed by atoms with Crippen LogP contribution in [0.15, 0.2) is 48.8 Å². The molecule has 13 nitrogen and oxygen atoms in total. The van der Waals surface area contributed by atoms with Gasteiger partial charge in [0.15, 0.2) is 22.8 Å². The van der Waals surface area contributed by atoms with Crippen LogP contribution in [0.1, 0.15) is 20.8 Å². The maximum atomic E-state index is 12.5. The highest BCUT2D eigenvalue weighted by molar-refractivity contribution is 5.99. The highest BCUT2D eigenvalue weighted by Gasteiger charge is 2.24. The molecule has 202 valence electrons. The molecule has 4 aromatic rings. The van der Waals surface area contributed by atoms with Crippen LogP contribution in [0.5, 0.6) is 0 Å². The topological polar surface area (TPSA) is 149 Å². The number of carbonyl (C=O) groups is 2. The molecule has 1 aromatic carbocycles. The van der Waals surface area contributed by atoms with E-state index >= 15 is 0 Å². The SMILES string of the molecule is CC(C)(C)OC(=O)Cn1nnc2c(N3CCOCC3)nc(-c3ccc(NC(=O)Nc4ccncc4)cc3)nc21. The number of carbonyl (C=O) groups excluding carboxylic acids is 2. The summed E-state index contributed by atoms with van der Waals surface area (Å²) < 4.78 is 12.4. The van der Waals surface area contributed by atoms with E-state index in [-0.39, 0.29) is 12.6 Å². The molecule has 0 radical (unpaired) electrons. The summed E-state index contributed by atoms with van der Waals surface area (Å²) in [6.07, 6.45) is 3.20. The van der Waals surface area contributed by atoms with Gasteiger partial charge in [-0.2, -0.15) is 0 Å². The van der Waals surface area contributed by atoms with E-state index < -0.39 is 11.6 Å². The minimum atomic E-state index is -0.627. The average Bonchev–Trinajstić information content (AvgIpc) is 3.31. The van der Waals surface area contributed by atoms with Gasteiger partial charge in [-0.3, -0.25) is 9.78 Å². The third kappa shape index (κ3) is 6.44. The summed E-state index contributed by atoms with van der Waals surface area (Å²) in [7, 11) is 0. The summed E-state index contributed by atoms with van der Waals surface area (Å²) in [4.78, 5) is 40.4. The molecule has 4 heterocycles. The number of nitrogens with zero attached hydrogens (tertiary/aromatic N) is 7. The Bertz CT molecular complexity index is 1460. The van der Waals surface area contributed by atoms with Crippen molar-refractivity contribution < 1.29 is 19.1 Å². The zero-order valence-electron chi connectivity index (χ0n) is 21.9. The van der Waals surface area contributed by atoms with Gasteiger partial charge in [0.25, 0.3) is 0 Å². The van der Waals surface area contributed by atoms with Crippen LogP contribution in [0, 0.1) is 0 Å². The van der Waals surface area contributed by atoms with Crippen molar-refractivity contribution in [2.24, 2.45) is 0 Å². The molecule has 0 spiro atoms. The maximum absolute atomic E-state index is 12.5. The van der Waals surface area contributed by atoms with Crippen molar-refractivity contribution in [3.8, 4) is 11.4 Å². The maximum Gasteiger partial charge on any atom is 0.328 e. The highest BCUT2D eigenvalue weighted by Crippen LogP contribution is 2.27. The lowest BCUT2D eigenvalue weighted by molar-refractivity contribution is -0.155. The Hall–Kier alpha value is -4.65. The lowest BCUT2D eigenvalue weighted by Crippen LogP contribution is -2.37. The fourth-order valence-electron chi connectivity index (χ4n) is 4.00. The standard InChI is InChI=1S/C26H29N9O4/c1-26(2,3)39-20(36)16-35-24-21(32-33-35)23(34-12-14-38-15-13-34)30-22(31-24)17-4-6-18(7-5-17)28-25(37)29-19-8-10-27-11-9-19/h4-11H,12-16H2,1-3H3,(H2,27,28,29,37). The Labute approximate surface area is 224 Å². The summed E-state index contributed by atoms with van der Waals surface area (Å²) in [5.74, 6) is 0.611. The van der Waals surface area contributed by atoms with Gasteiger partial charge in [-0.05, 0) is 57.2 Å². The number of ether oxygens (including phenoxy) is 2. The van der Waals surface area contributed by atoms with E-state index in [1.165, 1.54) is 4.68 Å². The first-order valence-corrected chi connectivity index (χ1v) is 12.5. The molecule has 1 aliphatic rings. The van der Waals surface area contributed by atoms with Crippen LogP contribution < -0.4 is 15.5 Å². The number of hydrogen-bond acceptors (Lipinski definition) is 10. The van der Waals surface area contributed by atoms with Gasteiger partial charge in [0.2, 0.25) is 0 Å². The molecule has 2 amide bonds. The smallest absolute Gasteiger partial charge is 0.328 e. The van der Waals surface area contributed by atoms with Crippen molar-refractivity contribution in [2.45, 2.75) is 32.9 Å². The molecule has 0 bridgehead atoms. The summed E-state index contributed by atoms with van der Waals surface area (Å²) >= 11 is 0. The monoisotopic (exact) mass is 531 g/mol. The van der Waals surface area contributed by atoms with E-state index in [1.54, 1.807) is 36.7 Å². The lowest BCUT2D eigenvalue weighted by atomic mass is 10.2. The molecular weight excluding hydrogens is 502 g/mol. The van der Waals surface area contributed by atoms with Crippen LogP contribution in [-0.2, 0) is 20.8 Å². The molecule has 2 N–H and O–H groups in total. The first-order chi connectivity index (χ1) is 18.7. The van der Waals surface area contributed by atoms with Crippen molar-refractivity contribution in [2.75, 3.05) is 41.8 Å². The van der Waals surface area contributed by atoms with Crippen LogP contribution in [0.25, 0.3) is 22.6 Å². The molecule has 1 saturated heterocycles. The number of hydrogen-bond donors (Lipinski definition) is 2. The second kappa shape index (κ2) is 11.0. The number of benzene rings is 1. The predicted molar refractivity (Wildman–Crippen MR) is 144 cm³/mol. The molecule has 3 aromatic heterocycles. The minimum absolute atomic E-state index is 0.137. The Kier molecular flexibility index (Phi) is 7.32. The summed E-state index contributed by atoms with van der Waals surface area (Å²) in [6.45, 7) is 7.69. The number of fused-ring (bicyclic) bond motifs is 1. The number of amides is 2. The van der Waals surface area contributed by atoms with Crippen LogP contribution >= 0.6 is 0 Å². The van der Waals surface area contributed by atoms with Gasteiger partial charge in [0.05, 0.1) is 13.2 Å². The number of anilines is 3. The second-order valence-electron chi connectivity index (χ2n) is 9.87. The molecule has 5 rings (SSSR count). The van der Waals surface area contributed by atoms with Gasteiger partial charge in [-0.1, -0.05) is 5.21 Å². The van der Waals surface area contributed by atoms with Crippen LogP contribution in [-0.4, -0.2) is 73.9 Å². The number of nitrogens with one attached hydrogen (secondary N) is 2. The van der Waals surface area contributed by atoms with Gasteiger partial charge in [-0.25, -0.2) is 19.4 Å². The van der Waals surface area contributed by atoms with Crippen molar-refractivity contribution in [1.29, 1.82) is 0 Å². The minimum Gasteiger partial charge on any atom is -0.459 e. The predicted octanol–water partition coefficient (Wildman–Crippen LogP) is 3.11. The van der Waals surface area contributed by atoms with Gasteiger partial charge >= 0.3 is 12.0 Å². The number of esters is 1. The van der Waals surface area contributed by atoms with E-state index in [1.807, 2.05) is 32.9 Å². The Morgan fingerprint density at radius 3 is 2.31 bits per heavy atom. The van der Waals surface area contributed by atoms with E-state index in [4.69, 9.17) is 19.4 Å². The zero-order valence-corrected chi connectivity index (χ0v) is 21.9. The number of aromatic nitrogens is 6. The molecular formula is C26H29N9O4. The molecule has 1 fully saturated rings. The summed E-state index contributed by atoms with van der Waals surface area (Å²) in [5.41, 5.74) is 2.24. The Balaban J connectivity index is 1.42. The van der Waals surface area contributed by atoms with E-state index in [9.17, 15) is 9.59 Å². The Morgan fingerprint density at radius 2 is 1.64 bits per heavy atom. The molecule has 1 aliphatic heterocycles. The molecule has 13 heteroatoms. The van der Waals surface area contributed by atoms with Crippen LogP contribution in [0.2, 0.25) is 0 Å². The number of urea groups is 1. The largest absolute Gasteiger partial charge is 0.459 e. The first kappa shape index (κ1) is 26.0. The molecule has 0 saturated carbocycles. The van der Waals surface area contributed by atoms with E-state index in [0.717, 1.165) is 5.56 Å². The third-order valence-electron chi connectivity index (χ3n) is 5.69. The summed E-state index contributed by atoms with van der Waals surface area (Å²) in [6, 6.07) is 10.2. The number of morpholine rings is 1. The Morgan fingerprint density at radius 1 is 0.974 bits per heavy atom. The van der Waals surface area contributed by atoms with Crippen LogP contribution in [0.3, 0.4) is 0 Å². The van der Waals surface area contributed by atoms with Gasteiger partial charge in [-0.15, -0.1) is 5.10 Å².